The number of carbonyl (C=O) groups excluding carboxylic acids is 2. The van der Waals surface area contributed by atoms with Gasteiger partial charge in [-0.3, -0.25) is 9.59 Å². The minimum atomic E-state index is -0.215. The minimum absolute atomic E-state index is 0.139. The highest BCUT2D eigenvalue weighted by Gasteiger charge is 2.28. The summed E-state index contributed by atoms with van der Waals surface area (Å²) in [5.74, 6) is -0.374. The summed E-state index contributed by atoms with van der Waals surface area (Å²) in [6.07, 6.45) is 4.85. The maximum absolute atomic E-state index is 12.6. The van der Waals surface area contributed by atoms with Crippen LogP contribution in [0.15, 0.2) is 52.8 Å². The van der Waals surface area contributed by atoms with Crippen molar-refractivity contribution in [3.05, 3.63) is 47.9 Å². The van der Waals surface area contributed by atoms with Crippen molar-refractivity contribution in [2.75, 3.05) is 11.4 Å². The Balaban J connectivity index is 2.27. The lowest BCUT2D eigenvalue weighted by Crippen LogP contribution is -2.36. The summed E-state index contributed by atoms with van der Waals surface area (Å²) in [6, 6.07) is 7.83. The van der Waals surface area contributed by atoms with Crippen molar-refractivity contribution in [2.45, 2.75) is 37.6 Å². The van der Waals surface area contributed by atoms with Crippen LogP contribution in [-0.2, 0) is 9.59 Å². The predicted molar refractivity (Wildman–Crippen MR) is 95.4 cm³/mol. The van der Waals surface area contributed by atoms with E-state index < -0.39 is 0 Å². The first-order valence-electron chi connectivity index (χ1n) is 7.82. The molecule has 0 spiro atoms. The van der Waals surface area contributed by atoms with Gasteiger partial charge in [0.2, 0.25) is 5.91 Å². The molecule has 0 aliphatic carbocycles. The van der Waals surface area contributed by atoms with Gasteiger partial charge in [0.1, 0.15) is 0 Å². The average Bonchev–Trinajstić information content (AvgIpc) is 2.56. The lowest BCUT2D eigenvalue weighted by Gasteiger charge is -2.29. The van der Waals surface area contributed by atoms with E-state index in [0.29, 0.717) is 11.4 Å². The summed E-state index contributed by atoms with van der Waals surface area (Å²) in [5, 5.41) is 2.94. The van der Waals surface area contributed by atoms with E-state index in [2.05, 4.69) is 11.9 Å². The Morgan fingerprint density at radius 1 is 1.35 bits per heavy atom. The number of hydrogen-bond acceptors (Lipinski definition) is 3. The van der Waals surface area contributed by atoms with E-state index in [1.807, 2.05) is 38.1 Å². The fourth-order valence-corrected chi connectivity index (χ4v) is 3.46. The number of nitrogens with zero attached hydrogens (tertiary/aromatic N) is 1. The topological polar surface area (TPSA) is 49.4 Å². The van der Waals surface area contributed by atoms with E-state index in [0.717, 1.165) is 23.4 Å². The monoisotopic (exact) mass is 330 g/mol. The largest absolute Gasteiger partial charge is 0.350 e. The van der Waals surface area contributed by atoms with E-state index in [9.17, 15) is 9.59 Å². The number of anilines is 1. The number of carbonyl (C=O) groups is 2. The molecule has 4 nitrogen and oxygen atoms in total. The van der Waals surface area contributed by atoms with Crippen molar-refractivity contribution < 1.29 is 9.59 Å². The van der Waals surface area contributed by atoms with Crippen molar-refractivity contribution in [1.82, 2.24) is 5.32 Å². The SMILES string of the molecule is C=CCN1C(=O)/C(=C\C(=O)NC(CC)CC)Sc2ccccc21. The molecule has 1 aromatic carbocycles. The molecule has 23 heavy (non-hydrogen) atoms. The Morgan fingerprint density at radius 2 is 2.04 bits per heavy atom. The molecule has 122 valence electrons. The lowest BCUT2D eigenvalue weighted by molar-refractivity contribution is -0.118. The highest BCUT2D eigenvalue weighted by Crippen LogP contribution is 2.41. The summed E-state index contributed by atoms with van der Waals surface area (Å²) in [7, 11) is 0. The van der Waals surface area contributed by atoms with Gasteiger partial charge in [0, 0.05) is 23.6 Å². The molecular weight excluding hydrogens is 308 g/mol. The van der Waals surface area contributed by atoms with Crippen molar-refractivity contribution in [1.29, 1.82) is 0 Å². The zero-order valence-electron chi connectivity index (χ0n) is 13.5. The Kier molecular flexibility index (Phi) is 6.04. The molecule has 0 aromatic heterocycles. The molecule has 2 rings (SSSR count). The molecule has 0 saturated carbocycles. The maximum Gasteiger partial charge on any atom is 0.265 e. The third-order valence-corrected chi connectivity index (χ3v) is 4.82. The highest BCUT2D eigenvalue weighted by atomic mass is 32.2. The number of nitrogens with one attached hydrogen (secondary N) is 1. The molecule has 0 saturated heterocycles. The quantitative estimate of drug-likeness (QED) is 0.641. The molecule has 5 heteroatoms. The van der Waals surface area contributed by atoms with Gasteiger partial charge in [0.15, 0.2) is 0 Å². The van der Waals surface area contributed by atoms with Crippen molar-refractivity contribution in [3.63, 3.8) is 0 Å². The van der Waals surface area contributed by atoms with Gasteiger partial charge in [-0.25, -0.2) is 0 Å². The van der Waals surface area contributed by atoms with Crippen molar-refractivity contribution >= 4 is 29.3 Å². The van der Waals surface area contributed by atoms with Gasteiger partial charge in [-0.15, -0.1) is 6.58 Å². The van der Waals surface area contributed by atoms with Gasteiger partial charge in [-0.05, 0) is 25.0 Å². The third-order valence-electron chi connectivity index (χ3n) is 3.74. The summed E-state index contributed by atoms with van der Waals surface area (Å²) < 4.78 is 0. The van der Waals surface area contributed by atoms with Gasteiger partial charge in [0.05, 0.1) is 10.6 Å². The van der Waals surface area contributed by atoms with Gasteiger partial charge >= 0.3 is 0 Å². The third kappa shape index (κ3) is 4.05. The Labute approximate surface area is 141 Å². The van der Waals surface area contributed by atoms with Crippen LogP contribution in [0.5, 0.6) is 0 Å². The molecule has 1 aliphatic heterocycles. The summed E-state index contributed by atoms with van der Waals surface area (Å²) in [6.45, 7) is 8.19. The second kappa shape index (κ2) is 8.02. The van der Waals surface area contributed by atoms with Gasteiger partial charge < -0.3 is 10.2 Å². The van der Waals surface area contributed by atoms with E-state index in [-0.39, 0.29) is 17.9 Å². The molecule has 0 radical (unpaired) electrons. The number of para-hydroxylation sites is 1. The predicted octanol–water partition coefficient (Wildman–Crippen LogP) is 3.50. The number of thioether (sulfide) groups is 1. The van der Waals surface area contributed by atoms with Crippen LogP contribution in [0.2, 0.25) is 0 Å². The van der Waals surface area contributed by atoms with Crippen LogP contribution in [0.4, 0.5) is 5.69 Å². The number of fused-ring (bicyclic) bond motifs is 1. The first-order chi connectivity index (χ1) is 11.1. The second-order valence-electron chi connectivity index (χ2n) is 5.30. The summed E-state index contributed by atoms with van der Waals surface area (Å²) in [5.41, 5.74) is 0.861. The minimum Gasteiger partial charge on any atom is -0.350 e. The number of amides is 2. The Bertz CT molecular complexity index is 636. The molecule has 0 bridgehead atoms. The van der Waals surface area contributed by atoms with E-state index >= 15 is 0 Å². The molecule has 1 N–H and O–H groups in total. The smallest absolute Gasteiger partial charge is 0.265 e. The normalized spacial score (nSPS) is 15.7. The van der Waals surface area contributed by atoms with Crippen LogP contribution in [0.3, 0.4) is 0 Å². The second-order valence-corrected chi connectivity index (χ2v) is 6.39. The van der Waals surface area contributed by atoms with Crippen LogP contribution in [0, 0.1) is 0 Å². The maximum atomic E-state index is 12.6. The van der Waals surface area contributed by atoms with Crippen molar-refractivity contribution in [2.24, 2.45) is 0 Å². The van der Waals surface area contributed by atoms with Crippen LogP contribution < -0.4 is 10.2 Å². The summed E-state index contributed by atoms with van der Waals surface area (Å²) in [4.78, 5) is 27.9. The fourth-order valence-electron chi connectivity index (χ4n) is 2.43. The van der Waals surface area contributed by atoms with Crippen molar-refractivity contribution in [3.8, 4) is 0 Å². The van der Waals surface area contributed by atoms with Crippen LogP contribution in [0.1, 0.15) is 26.7 Å². The zero-order valence-corrected chi connectivity index (χ0v) is 14.4. The molecule has 0 atom stereocenters. The molecule has 1 aliphatic rings. The van der Waals surface area contributed by atoms with Crippen LogP contribution >= 0.6 is 11.8 Å². The zero-order chi connectivity index (χ0) is 16.8. The van der Waals surface area contributed by atoms with Gasteiger partial charge in [-0.1, -0.05) is 43.8 Å². The van der Waals surface area contributed by atoms with E-state index in [1.165, 1.54) is 17.8 Å². The number of rotatable bonds is 6. The summed E-state index contributed by atoms with van der Waals surface area (Å²) >= 11 is 1.34. The molecule has 0 fully saturated rings. The number of hydrogen-bond donors (Lipinski definition) is 1. The molecule has 0 unspecified atom stereocenters. The fraction of sp³-hybridized carbons (Fsp3) is 0.333. The van der Waals surface area contributed by atoms with Crippen LogP contribution in [-0.4, -0.2) is 24.4 Å². The molecule has 1 aromatic rings. The standard InChI is InChI=1S/C18H22N2O2S/c1-4-11-20-14-9-7-8-10-15(14)23-16(18(20)22)12-17(21)19-13(5-2)6-3/h4,7-10,12-13H,1,5-6,11H2,2-3H3,(H,19,21)/b16-12+. The average molecular weight is 330 g/mol. The molecule has 2 amide bonds. The molecular formula is C18H22N2O2S. The Morgan fingerprint density at radius 3 is 2.70 bits per heavy atom. The van der Waals surface area contributed by atoms with E-state index in [1.54, 1.807) is 11.0 Å². The van der Waals surface area contributed by atoms with Crippen LogP contribution in [0.25, 0.3) is 0 Å². The molecule has 1 heterocycles. The Hall–Kier alpha value is -2.01. The van der Waals surface area contributed by atoms with Gasteiger partial charge in [0.25, 0.3) is 5.91 Å². The van der Waals surface area contributed by atoms with Gasteiger partial charge in [-0.2, -0.15) is 0 Å². The number of benzene rings is 1. The highest BCUT2D eigenvalue weighted by molar-refractivity contribution is 8.04. The van der Waals surface area contributed by atoms with E-state index in [4.69, 9.17) is 0 Å². The lowest BCUT2D eigenvalue weighted by atomic mass is 10.2. The first kappa shape index (κ1) is 17.3. The first-order valence-corrected chi connectivity index (χ1v) is 8.64.